The monoisotopic (exact) mass is 335 g/mol. The van der Waals surface area contributed by atoms with E-state index < -0.39 is 0 Å². The Hall–Kier alpha value is -0.420. The summed E-state index contributed by atoms with van der Waals surface area (Å²) < 4.78 is 14.1. The molecule has 0 radical (unpaired) electrons. The maximum Gasteiger partial charge on any atom is 0.217 e. The predicted molar refractivity (Wildman–Crippen MR) is 87.8 cm³/mol. The van der Waals surface area contributed by atoms with Gasteiger partial charge in [0.15, 0.2) is 0 Å². The maximum atomic E-state index is 14.1. The molecule has 1 N–H and O–H groups in total. The molecule has 0 aromatic carbocycles. The van der Waals surface area contributed by atoms with Crippen molar-refractivity contribution in [3.63, 3.8) is 0 Å². The molecule has 1 aromatic rings. The van der Waals surface area contributed by atoms with Gasteiger partial charge in [0.2, 0.25) is 5.95 Å². The first-order chi connectivity index (χ1) is 9.36. The summed E-state index contributed by atoms with van der Waals surface area (Å²) in [4.78, 5) is 6.31. The van der Waals surface area contributed by atoms with Crippen LogP contribution in [0.2, 0.25) is 0 Å². The second kappa shape index (κ2) is 8.89. The quantitative estimate of drug-likeness (QED) is 0.859. The van der Waals surface area contributed by atoms with Crippen LogP contribution in [-0.4, -0.2) is 36.1 Å². The zero-order valence-electron chi connectivity index (χ0n) is 12.1. The number of hydrogen-bond donors (Lipinski definition) is 1. The van der Waals surface area contributed by atoms with E-state index in [4.69, 9.17) is 0 Å². The van der Waals surface area contributed by atoms with Crippen LogP contribution in [0.15, 0.2) is 18.3 Å². The highest BCUT2D eigenvalue weighted by atomic mass is 35.5. The zero-order valence-corrected chi connectivity index (χ0v) is 13.8. The van der Waals surface area contributed by atoms with E-state index in [2.05, 4.69) is 15.2 Å². The molecule has 6 heteroatoms. The van der Waals surface area contributed by atoms with Crippen molar-refractivity contribution in [3.05, 3.63) is 29.8 Å². The Morgan fingerprint density at radius 2 is 1.86 bits per heavy atom. The molecule has 120 valence electrons. The lowest BCUT2D eigenvalue weighted by molar-refractivity contribution is 0.122. The molecule has 3 nitrogen and oxygen atoms in total. The molecule has 1 aliphatic carbocycles. The van der Waals surface area contributed by atoms with Crippen molar-refractivity contribution >= 4 is 24.8 Å². The van der Waals surface area contributed by atoms with Gasteiger partial charge in [-0.25, -0.2) is 4.98 Å². The van der Waals surface area contributed by atoms with Crippen LogP contribution in [0.25, 0.3) is 0 Å². The number of piperazine rings is 1. The van der Waals surface area contributed by atoms with Gasteiger partial charge in [0, 0.05) is 44.0 Å². The van der Waals surface area contributed by atoms with Crippen molar-refractivity contribution in [2.24, 2.45) is 5.92 Å². The summed E-state index contributed by atoms with van der Waals surface area (Å²) in [5.74, 6) is 0.315. The van der Waals surface area contributed by atoms with E-state index >= 15 is 0 Å². The largest absolute Gasteiger partial charge is 0.314 e. The Bertz CT molecular complexity index is 421. The van der Waals surface area contributed by atoms with Gasteiger partial charge in [-0.1, -0.05) is 18.9 Å². The molecule has 1 aromatic heterocycles. The van der Waals surface area contributed by atoms with Crippen LogP contribution in [0.3, 0.4) is 0 Å². The number of hydrogen-bond acceptors (Lipinski definition) is 3. The molecule has 2 aliphatic rings. The van der Waals surface area contributed by atoms with Crippen LogP contribution in [0.4, 0.5) is 4.39 Å². The van der Waals surface area contributed by atoms with Gasteiger partial charge in [-0.05, 0) is 24.8 Å². The van der Waals surface area contributed by atoms with Gasteiger partial charge < -0.3 is 5.32 Å². The Balaban J connectivity index is 0.00000110. The van der Waals surface area contributed by atoms with E-state index in [0.29, 0.717) is 5.92 Å². The molecule has 0 unspecified atom stereocenters. The molecule has 1 saturated carbocycles. The van der Waals surface area contributed by atoms with Crippen LogP contribution in [-0.2, 0) is 0 Å². The average molecular weight is 336 g/mol. The minimum Gasteiger partial charge on any atom is -0.314 e. The normalized spacial score (nSPS) is 21.4. The number of nitrogens with one attached hydrogen (secondary N) is 1. The lowest BCUT2D eigenvalue weighted by Crippen LogP contribution is -2.47. The van der Waals surface area contributed by atoms with Crippen molar-refractivity contribution in [1.29, 1.82) is 0 Å². The van der Waals surface area contributed by atoms with Crippen LogP contribution >= 0.6 is 24.8 Å². The van der Waals surface area contributed by atoms with Gasteiger partial charge >= 0.3 is 0 Å². The highest BCUT2D eigenvalue weighted by Crippen LogP contribution is 2.40. The standard InChI is InChI=1S/C15H22FN3.2ClH/c16-15-13(6-3-7-18-15)14(12-4-1-2-5-12)19-10-8-17-9-11-19;;/h3,6-7,12,14,17H,1-2,4-5,8-11H2;2*1H/t14-;;/m1../s1. The van der Waals surface area contributed by atoms with Gasteiger partial charge in [0.25, 0.3) is 0 Å². The van der Waals surface area contributed by atoms with E-state index in [9.17, 15) is 4.39 Å². The van der Waals surface area contributed by atoms with Crippen LogP contribution in [0.5, 0.6) is 0 Å². The highest BCUT2D eigenvalue weighted by Gasteiger charge is 2.33. The first-order valence-electron chi connectivity index (χ1n) is 7.41. The molecule has 1 saturated heterocycles. The van der Waals surface area contributed by atoms with Gasteiger partial charge in [0.05, 0.1) is 0 Å². The van der Waals surface area contributed by atoms with E-state index in [1.807, 2.05) is 12.1 Å². The van der Waals surface area contributed by atoms with Gasteiger partial charge in [-0.2, -0.15) is 4.39 Å². The SMILES string of the molecule is Cl.Cl.Fc1ncccc1[C@@H](C1CCCC1)N1CCNCC1. The first kappa shape index (κ1) is 18.6. The molecule has 0 bridgehead atoms. The fourth-order valence-electron chi connectivity index (χ4n) is 3.60. The lowest BCUT2D eigenvalue weighted by Gasteiger charge is -2.38. The molecule has 0 amide bonds. The number of halogens is 3. The molecule has 3 rings (SSSR count). The van der Waals surface area contributed by atoms with Crippen molar-refractivity contribution in [1.82, 2.24) is 15.2 Å². The molecule has 2 heterocycles. The first-order valence-corrected chi connectivity index (χ1v) is 7.41. The topological polar surface area (TPSA) is 28.2 Å². The minimum atomic E-state index is -0.280. The fraction of sp³-hybridized carbons (Fsp3) is 0.667. The summed E-state index contributed by atoms with van der Waals surface area (Å²) in [6.45, 7) is 4.03. The van der Waals surface area contributed by atoms with Crippen molar-refractivity contribution in [2.45, 2.75) is 31.7 Å². The Morgan fingerprint density at radius 1 is 1.19 bits per heavy atom. The number of nitrogens with zero attached hydrogens (tertiary/aromatic N) is 2. The number of aromatic nitrogens is 1. The van der Waals surface area contributed by atoms with Gasteiger partial charge in [0.1, 0.15) is 0 Å². The summed E-state index contributed by atoms with van der Waals surface area (Å²) >= 11 is 0. The van der Waals surface area contributed by atoms with E-state index in [1.165, 1.54) is 25.7 Å². The molecule has 21 heavy (non-hydrogen) atoms. The van der Waals surface area contributed by atoms with E-state index in [-0.39, 0.29) is 36.8 Å². The Morgan fingerprint density at radius 3 is 2.48 bits per heavy atom. The number of pyridine rings is 1. The zero-order chi connectivity index (χ0) is 13.1. The van der Waals surface area contributed by atoms with Crippen molar-refractivity contribution in [2.75, 3.05) is 26.2 Å². The minimum absolute atomic E-state index is 0. The second-order valence-corrected chi connectivity index (χ2v) is 5.66. The third kappa shape index (κ3) is 4.28. The Kier molecular flexibility index (Phi) is 7.88. The third-order valence-corrected chi connectivity index (χ3v) is 4.50. The predicted octanol–water partition coefficient (Wildman–Crippen LogP) is 3.20. The lowest BCUT2D eigenvalue weighted by atomic mass is 9.90. The molecular weight excluding hydrogens is 312 g/mol. The van der Waals surface area contributed by atoms with Crippen LogP contribution in [0, 0.1) is 11.9 Å². The van der Waals surface area contributed by atoms with Gasteiger partial charge in [-0.3, -0.25) is 4.90 Å². The smallest absolute Gasteiger partial charge is 0.217 e. The third-order valence-electron chi connectivity index (χ3n) is 4.50. The average Bonchev–Trinajstić information content (AvgIpc) is 2.96. The second-order valence-electron chi connectivity index (χ2n) is 5.66. The molecular formula is C15H24Cl2FN3. The summed E-state index contributed by atoms with van der Waals surface area (Å²) in [6.07, 6.45) is 6.57. The number of rotatable bonds is 3. The van der Waals surface area contributed by atoms with Crippen LogP contribution < -0.4 is 5.32 Å². The van der Waals surface area contributed by atoms with Crippen molar-refractivity contribution in [3.8, 4) is 0 Å². The molecule has 2 fully saturated rings. The summed E-state index contributed by atoms with van der Waals surface area (Å²) in [5.41, 5.74) is 0.802. The van der Waals surface area contributed by atoms with Crippen molar-refractivity contribution < 1.29 is 4.39 Å². The van der Waals surface area contributed by atoms with Crippen LogP contribution in [0.1, 0.15) is 37.3 Å². The highest BCUT2D eigenvalue weighted by molar-refractivity contribution is 5.85. The summed E-state index contributed by atoms with van der Waals surface area (Å²) in [7, 11) is 0. The summed E-state index contributed by atoms with van der Waals surface area (Å²) in [6, 6.07) is 4.01. The summed E-state index contributed by atoms with van der Waals surface area (Å²) in [5, 5.41) is 3.38. The van der Waals surface area contributed by atoms with E-state index in [0.717, 1.165) is 31.7 Å². The molecule has 0 spiro atoms. The maximum absolute atomic E-state index is 14.1. The Labute approximate surface area is 138 Å². The fourth-order valence-corrected chi connectivity index (χ4v) is 3.60. The van der Waals surface area contributed by atoms with Gasteiger partial charge in [-0.15, -0.1) is 24.8 Å². The van der Waals surface area contributed by atoms with E-state index in [1.54, 1.807) is 6.20 Å². The molecule has 1 atom stereocenters. The molecule has 1 aliphatic heterocycles.